The van der Waals surface area contributed by atoms with Crippen molar-refractivity contribution < 1.29 is 18.0 Å². The molecular weight excluding hydrogens is 391 g/mol. The quantitative estimate of drug-likeness (QED) is 0.640. The van der Waals surface area contributed by atoms with Crippen molar-refractivity contribution in [1.29, 1.82) is 0 Å². The zero-order chi connectivity index (χ0) is 21.1. The number of nitrogens with zero attached hydrogens (tertiary/aromatic N) is 3. The highest BCUT2D eigenvalue weighted by molar-refractivity contribution is 5.98. The molecule has 30 heavy (non-hydrogen) atoms. The van der Waals surface area contributed by atoms with Crippen molar-refractivity contribution in [3.8, 4) is 0 Å². The van der Waals surface area contributed by atoms with Crippen molar-refractivity contribution in [3.05, 3.63) is 53.3 Å². The summed E-state index contributed by atoms with van der Waals surface area (Å²) in [6.45, 7) is 5.50. The summed E-state index contributed by atoms with van der Waals surface area (Å²) < 4.78 is 40.4. The number of Topliss-reactive ketones (excluding diaryl/α,β-unsaturated/α-hetero) is 1. The third-order valence-electron chi connectivity index (χ3n) is 6.25. The number of hydrogen-bond acceptors (Lipinski definition) is 3. The number of benzene rings is 1. The molecule has 162 valence electrons. The molecule has 2 aliphatic rings. The number of halogens is 3. The molecule has 0 radical (unpaired) electrons. The second-order valence-electron chi connectivity index (χ2n) is 8.23. The molecule has 0 amide bonds. The Morgan fingerprint density at radius 2 is 1.57 bits per heavy atom. The number of alkyl halides is 3. The van der Waals surface area contributed by atoms with E-state index in [0.29, 0.717) is 6.42 Å². The lowest BCUT2D eigenvalue weighted by molar-refractivity contribution is -0.137. The summed E-state index contributed by atoms with van der Waals surface area (Å²) in [5.41, 5.74) is 2.38. The largest absolute Gasteiger partial charge is 0.416 e. The lowest BCUT2D eigenvalue weighted by Gasteiger charge is -2.36. The van der Waals surface area contributed by atoms with Gasteiger partial charge in [-0.3, -0.25) is 9.69 Å². The zero-order valence-corrected chi connectivity index (χ0v) is 17.1. The molecule has 4 nitrogen and oxygen atoms in total. The Hall–Kier alpha value is -2.28. The van der Waals surface area contributed by atoms with Crippen molar-refractivity contribution in [3.63, 3.8) is 0 Å². The molecule has 7 heteroatoms. The predicted molar refractivity (Wildman–Crippen MR) is 111 cm³/mol. The summed E-state index contributed by atoms with van der Waals surface area (Å²) in [5.74, 6) is 0.279. The summed E-state index contributed by atoms with van der Waals surface area (Å²) in [7, 11) is 0. The van der Waals surface area contributed by atoms with Gasteiger partial charge in [0.25, 0.3) is 0 Å². The molecule has 4 rings (SSSR count). The highest BCUT2D eigenvalue weighted by atomic mass is 19.4. The maximum absolute atomic E-state index is 12.7. The van der Waals surface area contributed by atoms with Gasteiger partial charge in [0.15, 0.2) is 5.78 Å². The van der Waals surface area contributed by atoms with Gasteiger partial charge < -0.3 is 9.47 Å². The number of aromatic nitrogens is 1. The van der Waals surface area contributed by atoms with Gasteiger partial charge >= 0.3 is 6.18 Å². The minimum Gasteiger partial charge on any atom is -0.369 e. The van der Waals surface area contributed by atoms with E-state index in [-0.39, 0.29) is 5.78 Å². The standard InChI is InChI=1S/C23H28F3N3O/c24-23(25,26)18-6-8-19(9-7-18)28-16-14-27(15-17-28)11-1-2-12-29-13-10-20-21(29)4-3-5-22(20)30/h6-10,13H,1-5,11-12,14-17H2. The zero-order valence-electron chi connectivity index (χ0n) is 17.1. The molecule has 1 aromatic heterocycles. The van der Waals surface area contributed by atoms with Gasteiger partial charge in [-0.2, -0.15) is 13.2 Å². The first-order valence-electron chi connectivity index (χ1n) is 10.8. The highest BCUT2D eigenvalue weighted by Crippen LogP contribution is 2.30. The average molecular weight is 419 g/mol. The summed E-state index contributed by atoms with van der Waals surface area (Å²) in [4.78, 5) is 16.5. The number of aryl methyl sites for hydroxylation is 1. The lowest BCUT2D eigenvalue weighted by Crippen LogP contribution is -2.46. The van der Waals surface area contributed by atoms with E-state index in [1.165, 1.54) is 5.69 Å². The number of ketones is 1. The van der Waals surface area contributed by atoms with Gasteiger partial charge in [0.1, 0.15) is 0 Å². The fourth-order valence-electron chi connectivity index (χ4n) is 4.51. The average Bonchev–Trinajstić information content (AvgIpc) is 3.16. The first kappa shape index (κ1) is 21.0. The molecule has 0 atom stereocenters. The minimum atomic E-state index is -4.29. The molecular formula is C23H28F3N3O. The monoisotopic (exact) mass is 419 g/mol. The number of anilines is 1. The first-order chi connectivity index (χ1) is 14.4. The van der Waals surface area contributed by atoms with E-state index in [1.807, 2.05) is 6.07 Å². The van der Waals surface area contributed by atoms with Crippen LogP contribution < -0.4 is 4.90 Å². The summed E-state index contributed by atoms with van der Waals surface area (Å²) in [6, 6.07) is 7.43. The fourth-order valence-corrected chi connectivity index (χ4v) is 4.51. The molecule has 2 heterocycles. The molecule has 1 fully saturated rings. The van der Waals surface area contributed by atoms with Crippen LogP contribution in [0.3, 0.4) is 0 Å². The Labute approximate surface area is 175 Å². The molecule has 0 spiro atoms. The van der Waals surface area contributed by atoms with E-state index in [2.05, 4.69) is 20.6 Å². The first-order valence-corrected chi connectivity index (χ1v) is 10.8. The molecule has 0 unspecified atom stereocenters. The Bertz CT molecular complexity index is 865. The molecule has 2 aromatic rings. The fraction of sp³-hybridized carbons (Fsp3) is 0.522. The Balaban J connectivity index is 1.19. The highest BCUT2D eigenvalue weighted by Gasteiger charge is 2.30. The van der Waals surface area contributed by atoms with E-state index < -0.39 is 11.7 Å². The molecule has 0 saturated carbocycles. The van der Waals surface area contributed by atoms with E-state index in [0.717, 1.165) is 88.3 Å². The van der Waals surface area contributed by atoms with Crippen LogP contribution in [0.15, 0.2) is 36.5 Å². The van der Waals surface area contributed by atoms with Crippen molar-refractivity contribution in [2.75, 3.05) is 37.6 Å². The maximum Gasteiger partial charge on any atom is 0.416 e. The third kappa shape index (κ3) is 4.72. The van der Waals surface area contributed by atoms with Gasteiger partial charge in [-0.05, 0) is 62.6 Å². The second kappa shape index (κ2) is 8.84. The second-order valence-corrected chi connectivity index (χ2v) is 8.23. The Morgan fingerprint density at radius 3 is 2.27 bits per heavy atom. The van der Waals surface area contributed by atoms with Crippen LogP contribution in [0.1, 0.15) is 47.3 Å². The molecule has 1 aliphatic heterocycles. The Kier molecular flexibility index (Phi) is 6.18. The maximum atomic E-state index is 12.7. The predicted octanol–water partition coefficient (Wildman–Crippen LogP) is 4.63. The molecule has 0 N–H and O–H groups in total. The van der Waals surface area contributed by atoms with Crippen LogP contribution in [0.2, 0.25) is 0 Å². The smallest absolute Gasteiger partial charge is 0.369 e. The third-order valence-corrected chi connectivity index (χ3v) is 6.25. The van der Waals surface area contributed by atoms with Crippen molar-refractivity contribution in [2.45, 2.75) is 44.8 Å². The molecule has 1 saturated heterocycles. The van der Waals surface area contributed by atoms with Crippen LogP contribution in [0.4, 0.5) is 18.9 Å². The minimum absolute atomic E-state index is 0.279. The number of unbranched alkanes of at least 4 members (excludes halogenated alkanes) is 1. The van der Waals surface area contributed by atoms with Crippen molar-refractivity contribution >= 4 is 11.5 Å². The number of hydrogen-bond donors (Lipinski definition) is 0. The van der Waals surface area contributed by atoms with Crippen LogP contribution in [0, 0.1) is 0 Å². The van der Waals surface area contributed by atoms with E-state index in [1.54, 1.807) is 12.1 Å². The number of carbonyl (C=O) groups excluding carboxylic acids is 1. The van der Waals surface area contributed by atoms with Gasteiger partial charge in [0, 0.05) is 62.3 Å². The summed E-state index contributed by atoms with van der Waals surface area (Å²) in [5, 5.41) is 0. The SMILES string of the molecule is O=C1CCCc2c1ccn2CCCCN1CCN(c2ccc(C(F)(F)F)cc2)CC1. The van der Waals surface area contributed by atoms with Crippen LogP contribution >= 0.6 is 0 Å². The van der Waals surface area contributed by atoms with Crippen LogP contribution in [-0.2, 0) is 19.1 Å². The molecule has 1 aliphatic carbocycles. The van der Waals surface area contributed by atoms with Gasteiger partial charge in [-0.15, -0.1) is 0 Å². The number of piperazine rings is 1. The number of rotatable bonds is 6. The Morgan fingerprint density at radius 1 is 0.867 bits per heavy atom. The van der Waals surface area contributed by atoms with E-state index in [9.17, 15) is 18.0 Å². The van der Waals surface area contributed by atoms with Crippen molar-refractivity contribution in [1.82, 2.24) is 9.47 Å². The van der Waals surface area contributed by atoms with Crippen LogP contribution in [-0.4, -0.2) is 48.0 Å². The van der Waals surface area contributed by atoms with Gasteiger partial charge in [-0.1, -0.05) is 0 Å². The van der Waals surface area contributed by atoms with E-state index in [4.69, 9.17) is 0 Å². The summed E-state index contributed by atoms with van der Waals surface area (Å²) >= 11 is 0. The molecule has 1 aromatic carbocycles. The van der Waals surface area contributed by atoms with Crippen LogP contribution in [0.5, 0.6) is 0 Å². The lowest BCUT2D eigenvalue weighted by atomic mass is 9.97. The number of fused-ring (bicyclic) bond motifs is 1. The normalized spacial score (nSPS) is 18.0. The topological polar surface area (TPSA) is 28.5 Å². The van der Waals surface area contributed by atoms with Crippen LogP contribution in [0.25, 0.3) is 0 Å². The summed E-state index contributed by atoms with van der Waals surface area (Å²) in [6.07, 6.45) is 2.58. The number of carbonyl (C=O) groups is 1. The van der Waals surface area contributed by atoms with Gasteiger partial charge in [-0.25, -0.2) is 0 Å². The van der Waals surface area contributed by atoms with Gasteiger partial charge in [0.05, 0.1) is 5.56 Å². The van der Waals surface area contributed by atoms with E-state index >= 15 is 0 Å². The molecule has 0 bridgehead atoms. The van der Waals surface area contributed by atoms with Gasteiger partial charge in [0.2, 0.25) is 0 Å². The van der Waals surface area contributed by atoms with Crippen molar-refractivity contribution in [2.24, 2.45) is 0 Å².